The van der Waals surface area contributed by atoms with Crippen molar-refractivity contribution in [3.63, 3.8) is 0 Å². The summed E-state index contributed by atoms with van der Waals surface area (Å²) in [6.07, 6.45) is 0. The summed E-state index contributed by atoms with van der Waals surface area (Å²) in [7, 11) is 0. The third-order valence-electron chi connectivity index (χ3n) is 3.12. The fraction of sp³-hybridized carbons (Fsp3) is 0. The second-order valence-corrected chi connectivity index (χ2v) is 5.29. The molecular formula is C13H9N5OS. The van der Waals surface area contributed by atoms with Crippen molar-refractivity contribution >= 4 is 38.5 Å². The predicted molar refractivity (Wildman–Crippen MR) is 79.7 cm³/mol. The molecule has 0 aliphatic heterocycles. The lowest BCUT2D eigenvalue weighted by Crippen LogP contribution is -2.10. The molecule has 0 spiro atoms. The maximum atomic E-state index is 11.8. The number of nitrogens with one attached hydrogen (secondary N) is 2. The van der Waals surface area contributed by atoms with Gasteiger partial charge in [0.25, 0.3) is 5.56 Å². The number of aromatic amines is 2. The Hall–Kier alpha value is -2.67. The van der Waals surface area contributed by atoms with Crippen molar-refractivity contribution in [2.45, 2.75) is 0 Å². The Kier molecular flexibility index (Phi) is 2.19. The Morgan fingerprint density at radius 2 is 2.00 bits per heavy atom. The van der Waals surface area contributed by atoms with Crippen LogP contribution in [0.2, 0.25) is 0 Å². The largest absolute Gasteiger partial charge is 0.369 e. The Labute approximate surface area is 116 Å². The quantitative estimate of drug-likeness (QED) is 0.498. The van der Waals surface area contributed by atoms with Gasteiger partial charge in [-0.3, -0.25) is 9.78 Å². The van der Waals surface area contributed by atoms with Crippen molar-refractivity contribution < 1.29 is 0 Å². The van der Waals surface area contributed by atoms with Crippen molar-refractivity contribution in [1.29, 1.82) is 0 Å². The molecule has 98 valence electrons. The Morgan fingerprint density at radius 3 is 2.90 bits per heavy atom. The van der Waals surface area contributed by atoms with E-state index in [1.54, 1.807) is 11.3 Å². The molecule has 6 nitrogen and oxygen atoms in total. The zero-order valence-corrected chi connectivity index (χ0v) is 11.0. The lowest BCUT2D eigenvalue weighted by atomic mass is 10.2. The molecule has 1 aromatic carbocycles. The number of nitrogens with zero attached hydrogens (tertiary/aromatic N) is 2. The molecule has 3 aromatic heterocycles. The van der Waals surface area contributed by atoms with E-state index in [0.717, 1.165) is 10.9 Å². The molecule has 0 aliphatic carbocycles. The Morgan fingerprint density at radius 1 is 1.15 bits per heavy atom. The van der Waals surface area contributed by atoms with Crippen LogP contribution in [0.5, 0.6) is 0 Å². The summed E-state index contributed by atoms with van der Waals surface area (Å²) in [5.74, 6) is 0.691. The molecule has 0 saturated heterocycles. The van der Waals surface area contributed by atoms with Crippen molar-refractivity contribution in [2.24, 2.45) is 0 Å². The number of imidazole rings is 1. The van der Waals surface area contributed by atoms with Gasteiger partial charge in [0.1, 0.15) is 5.82 Å². The van der Waals surface area contributed by atoms with Crippen molar-refractivity contribution in [3.05, 3.63) is 40.0 Å². The number of nitrogen functional groups attached to an aromatic ring is 1. The van der Waals surface area contributed by atoms with Crippen LogP contribution in [-0.4, -0.2) is 19.9 Å². The fourth-order valence-corrected chi connectivity index (χ4v) is 3.16. The topological polar surface area (TPSA) is 100 Å². The number of rotatable bonds is 1. The number of hydrogen-bond acceptors (Lipinski definition) is 5. The SMILES string of the molecule is Nc1nc2nc(-c3csc4ccccc34)[nH]c2c(=O)[nH]1. The highest BCUT2D eigenvalue weighted by Gasteiger charge is 2.13. The summed E-state index contributed by atoms with van der Waals surface area (Å²) < 4.78 is 1.17. The van der Waals surface area contributed by atoms with Crippen LogP contribution < -0.4 is 11.3 Å². The van der Waals surface area contributed by atoms with E-state index in [4.69, 9.17) is 5.73 Å². The number of hydrogen-bond donors (Lipinski definition) is 3. The third-order valence-corrected chi connectivity index (χ3v) is 4.08. The number of benzene rings is 1. The van der Waals surface area contributed by atoms with Crippen LogP contribution >= 0.6 is 11.3 Å². The van der Waals surface area contributed by atoms with E-state index < -0.39 is 0 Å². The zero-order chi connectivity index (χ0) is 13.7. The van der Waals surface area contributed by atoms with Gasteiger partial charge in [0.15, 0.2) is 11.2 Å². The molecule has 0 saturated carbocycles. The first-order valence-electron chi connectivity index (χ1n) is 5.94. The number of fused-ring (bicyclic) bond motifs is 2. The number of H-pyrrole nitrogens is 2. The second-order valence-electron chi connectivity index (χ2n) is 4.38. The molecule has 4 N–H and O–H groups in total. The van der Waals surface area contributed by atoms with Gasteiger partial charge in [0.05, 0.1) is 0 Å². The highest BCUT2D eigenvalue weighted by Crippen LogP contribution is 2.32. The van der Waals surface area contributed by atoms with Gasteiger partial charge in [-0.2, -0.15) is 4.98 Å². The monoisotopic (exact) mass is 283 g/mol. The minimum absolute atomic E-state index is 0.0655. The van der Waals surface area contributed by atoms with Crippen LogP contribution in [0.25, 0.3) is 32.6 Å². The molecule has 20 heavy (non-hydrogen) atoms. The van der Waals surface area contributed by atoms with E-state index in [2.05, 4.69) is 26.0 Å². The first kappa shape index (κ1) is 11.2. The summed E-state index contributed by atoms with van der Waals surface area (Å²) in [4.78, 5) is 25.7. The molecule has 7 heteroatoms. The predicted octanol–water partition coefficient (Wildman–Crippen LogP) is 2.11. The third kappa shape index (κ3) is 1.53. The van der Waals surface area contributed by atoms with Crippen molar-refractivity contribution in [1.82, 2.24) is 19.9 Å². The van der Waals surface area contributed by atoms with E-state index in [0.29, 0.717) is 17.0 Å². The lowest BCUT2D eigenvalue weighted by Gasteiger charge is -1.93. The molecule has 0 unspecified atom stereocenters. The van der Waals surface area contributed by atoms with Gasteiger partial charge in [-0.15, -0.1) is 11.3 Å². The van der Waals surface area contributed by atoms with E-state index in [1.165, 1.54) is 4.70 Å². The van der Waals surface area contributed by atoms with Crippen LogP contribution in [-0.2, 0) is 0 Å². The highest BCUT2D eigenvalue weighted by atomic mass is 32.1. The van der Waals surface area contributed by atoms with E-state index in [9.17, 15) is 4.79 Å². The number of anilines is 1. The average Bonchev–Trinajstić information content (AvgIpc) is 3.01. The van der Waals surface area contributed by atoms with Gasteiger partial charge in [-0.25, -0.2) is 4.98 Å². The summed E-state index contributed by atoms with van der Waals surface area (Å²) >= 11 is 1.63. The number of nitrogens with two attached hydrogens (primary N) is 1. The van der Waals surface area contributed by atoms with E-state index >= 15 is 0 Å². The van der Waals surface area contributed by atoms with E-state index in [1.807, 2.05) is 23.6 Å². The summed E-state index contributed by atoms with van der Waals surface area (Å²) in [5, 5.41) is 3.11. The Balaban J connectivity index is 2.03. The van der Waals surface area contributed by atoms with Gasteiger partial charge in [-0.1, -0.05) is 18.2 Å². The van der Waals surface area contributed by atoms with Crippen LogP contribution in [0.1, 0.15) is 0 Å². The number of aromatic nitrogens is 4. The normalized spacial score (nSPS) is 11.4. The lowest BCUT2D eigenvalue weighted by molar-refractivity contribution is 1.17. The van der Waals surface area contributed by atoms with Gasteiger partial charge < -0.3 is 10.7 Å². The van der Waals surface area contributed by atoms with Gasteiger partial charge in [0.2, 0.25) is 5.95 Å². The molecule has 3 heterocycles. The average molecular weight is 283 g/mol. The van der Waals surface area contributed by atoms with Crippen LogP contribution in [0.3, 0.4) is 0 Å². The fourth-order valence-electron chi connectivity index (χ4n) is 2.21. The first-order valence-corrected chi connectivity index (χ1v) is 6.82. The second kappa shape index (κ2) is 3.91. The van der Waals surface area contributed by atoms with E-state index in [-0.39, 0.29) is 11.5 Å². The minimum atomic E-state index is -0.314. The molecule has 0 fully saturated rings. The highest BCUT2D eigenvalue weighted by molar-refractivity contribution is 7.17. The smallest absolute Gasteiger partial charge is 0.278 e. The van der Waals surface area contributed by atoms with Crippen molar-refractivity contribution in [2.75, 3.05) is 5.73 Å². The maximum Gasteiger partial charge on any atom is 0.278 e. The Bertz CT molecular complexity index is 997. The van der Waals surface area contributed by atoms with Crippen LogP contribution in [0, 0.1) is 0 Å². The number of thiophene rings is 1. The molecular weight excluding hydrogens is 274 g/mol. The first-order chi connectivity index (χ1) is 9.72. The molecule has 4 rings (SSSR count). The van der Waals surface area contributed by atoms with Crippen molar-refractivity contribution in [3.8, 4) is 11.4 Å². The molecule has 0 atom stereocenters. The molecule has 0 aliphatic rings. The summed E-state index contributed by atoms with van der Waals surface area (Å²) in [5.41, 5.74) is 6.84. The molecule has 4 aromatic rings. The zero-order valence-electron chi connectivity index (χ0n) is 10.2. The summed E-state index contributed by atoms with van der Waals surface area (Å²) in [6.45, 7) is 0. The van der Waals surface area contributed by atoms with Gasteiger partial charge in [-0.05, 0) is 6.07 Å². The van der Waals surface area contributed by atoms with Crippen LogP contribution in [0.4, 0.5) is 5.95 Å². The minimum Gasteiger partial charge on any atom is -0.369 e. The van der Waals surface area contributed by atoms with Gasteiger partial charge in [0, 0.05) is 21.0 Å². The molecule has 0 bridgehead atoms. The van der Waals surface area contributed by atoms with Gasteiger partial charge >= 0.3 is 0 Å². The summed E-state index contributed by atoms with van der Waals surface area (Å²) in [6, 6.07) is 8.05. The maximum absolute atomic E-state index is 11.8. The van der Waals surface area contributed by atoms with Crippen LogP contribution in [0.15, 0.2) is 34.4 Å². The standard InChI is InChI=1S/C13H9N5OS/c14-13-17-11-9(12(19)18-13)15-10(16-11)7-5-20-8-4-2-1-3-6(7)8/h1-5H,(H4,14,15,16,17,18,19). The molecule has 0 amide bonds. The molecule has 0 radical (unpaired) electrons.